The van der Waals surface area contributed by atoms with E-state index in [1.165, 1.54) is 9.21 Å². The highest BCUT2D eigenvalue weighted by atomic mass is 32.2. The van der Waals surface area contributed by atoms with Crippen molar-refractivity contribution in [3.05, 3.63) is 130 Å². The zero-order valence-corrected chi connectivity index (χ0v) is 28.5. The van der Waals surface area contributed by atoms with Gasteiger partial charge in [0.25, 0.3) is 10.0 Å². The van der Waals surface area contributed by atoms with Crippen molar-refractivity contribution in [1.29, 1.82) is 0 Å². The lowest BCUT2D eigenvalue weighted by Gasteiger charge is -2.34. The van der Waals surface area contributed by atoms with Crippen molar-refractivity contribution in [3.8, 4) is 0 Å². The fourth-order valence-electron chi connectivity index (χ4n) is 5.35. The molecule has 4 aromatic rings. The Labute approximate surface area is 274 Å². The summed E-state index contributed by atoms with van der Waals surface area (Å²) in [5, 5.41) is 3.08. The van der Waals surface area contributed by atoms with Gasteiger partial charge in [-0.25, -0.2) is 8.42 Å². The maximum Gasteiger partial charge on any atom is 0.264 e. The van der Waals surface area contributed by atoms with Crippen LogP contribution in [0.5, 0.6) is 0 Å². The number of anilines is 1. The van der Waals surface area contributed by atoms with Crippen molar-refractivity contribution in [2.75, 3.05) is 10.8 Å². The summed E-state index contributed by atoms with van der Waals surface area (Å²) in [6.07, 6.45) is 1.000. The van der Waals surface area contributed by atoms with Crippen LogP contribution >= 0.6 is 0 Å². The van der Waals surface area contributed by atoms with Crippen LogP contribution in [0.1, 0.15) is 53.6 Å². The van der Waals surface area contributed by atoms with E-state index in [4.69, 9.17) is 0 Å². The third-order valence-electron chi connectivity index (χ3n) is 8.13. The van der Waals surface area contributed by atoms with E-state index in [1.807, 2.05) is 102 Å². The Morgan fingerprint density at radius 2 is 1.30 bits per heavy atom. The highest BCUT2D eigenvalue weighted by molar-refractivity contribution is 7.92. The number of hydrogen-bond acceptors (Lipinski definition) is 4. The number of aryl methyl sites for hydroxylation is 4. The van der Waals surface area contributed by atoms with Gasteiger partial charge in [-0.2, -0.15) is 0 Å². The maximum absolute atomic E-state index is 14.6. The molecule has 0 spiro atoms. The molecule has 1 N–H and O–H groups in total. The molecule has 46 heavy (non-hydrogen) atoms. The molecule has 8 heteroatoms. The number of rotatable bonds is 13. The quantitative estimate of drug-likeness (QED) is 0.177. The molecule has 0 bridgehead atoms. The van der Waals surface area contributed by atoms with Crippen molar-refractivity contribution in [2.24, 2.45) is 0 Å². The molecule has 0 aliphatic heterocycles. The number of sulfonamides is 1. The Hall–Kier alpha value is -4.43. The van der Waals surface area contributed by atoms with E-state index >= 15 is 0 Å². The van der Waals surface area contributed by atoms with Crippen LogP contribution in [0.4, 0.5) is 5.69 Å². The molecule has 0 heterocycles. The molecule has 0 radical (unpaired) electrons. The van der Waals surface area contributed by atoms with E-state index in [1.54, 1.807) is 36.4 Å². The molecule has 7 nitrogen and oxygen atoms in total. The first kappa shape index (κ1) is 34.4. The van der Waals surface area contributed by atoms with Gasteiger partial charge in [0.15, 0.2) is 0 Å². The van der Waals surface area contributed by atoms with Gasteiger partial charge in [0.05, 0.1) is 10.6 Å². The minimum absolute atomic E-state index is 0.0884. The largest absolute Gasteiger partial charge is 0.352 e. The minimum atomic E-state index is -4.15. The smallest absolute Gasteiger partial charge is 0.264 e. The molecule has 0 unspecified atom stereocenters. The topological polar surface area (TPSA) is 86.8 Å². The van der Waals surface area contributed by atoms with Gasteiger partial charge < -0.3 is 10.2 Å². The second-order valence-electron chi connectivity index (χ2n) is 12.2. The average Bonchev–Trinajstić information content (AvgIpc) is 3.02. The monoisotopic (exact) mass is 639 g/mol. The van der Waals surface area contributed by atoms with Crippen molar-refractivity contribution >= 4 is 27.5 Å². The lowest BCUT2D eigenvalue weighted by Crippen LogP contribution is -2.54. The van der Waals surface area contributed by atoms with Gasteiger partial charge in [-0.05, 0) is 87.6 Å². The molecule has 0 aliphatic rings. The van der Waals surface area contributed by atoms with Crippen molar-refractivity contribution in [1.82, 2.24) is 10.2 Å². The molecule has 4 aromatic carbocycles. The summed E-state index contributed by atoms with van der Waals surface area (Å²) in [5.74, 6) is -0.756. The van der Waals surface area contributed by atoms with Crippen LogP contribution in [0, 0.1) is 27.7 Å². The minimum Gasteiger partial charge on any atom is -0.352 e. The highest BCUT2D eigenvalue weighted by Crippen LogP contribution is 2.27. The van der Waals surface area contributed by atoms with Crippen LogP contribution in [-0.2, 0) is 32.6 Å². The van der Waals surface area contributed by atoms with E-state index in [0.29, 0.717) is 5.69 Å². The molecule has 2 atom stereocenters. The van der Waals surface area contributed by atoms with Crippen molar-refractivity contribution in [3.63, 3.8) is 0 Å². The summed E-state index contributed by atoms with van der Waals surface area (Å²) in [7, 11) is -4.15. The second kappa shape index (κ2) is 15.2. The molecule has 0 fully saturated rings. The Kier molecular flexibility index (Phi) is 11.4. The Morgan fingerprint density at radius 1 is 0.739 bits per heavy atom. The molecular formula is C38H45N3O4S. The van der Waals surface area contributed by atoms with E-state index in [2.05, 4.69) is 5.32 Å². The number of amides is 2. The van der Waals surface area contributed by atoms with E-state index < -0.39 is 28.5 Å². The van der Waals surface area contributed by atoms with Crippen LogP contribution in [0.25, 0.3) is 0 Å². The molecule has 0 aromatic heterocycles. The first-order valence-electron chi connectivity index (χ1n) is 15.7. The van der Waals surface area contributed by atoms with Gasteiger partial charge in [0.1, 0.15) is 12.6 Å². The van der Waals surface area contributed by atoms with Crippen LogP contribution in [0.2, 0.25) is 0 Å². The maximum atomic E-state index is 14.6. The third kappa shape index (κ3) is 8.85. The van der Waals surface area contributed by atoms with Gasteiger partial charge in [-0.3, -0.25) is 13.9 Å². The lowest BCUT2D eigenvalue weighted by atomic mass is 10.0. The predicted molar refractivity (Wildman–Crippen MR) is 185 cm³/mol. The van der Waals surface area contributed by atoms with Crippen LogP contribution in [-0.4, -0.2) is 43.8 Å². The molecule has 2 amide bonds. The third-order valence-corrected chi connectivity index (χ3v) is 9.92. The highest BCUT2D eigenvalue weighted by Gasteiger charge is 2.35. The van der Waals surface area contributed by atoms with E-state index in [0.717, 1.165) is 39.8 Å². The summed E-state index contributed by atoms with van der Waals surface area (Å²) in [5.41, 5.74) is 5.87. The molecule has 242 valence electrons. The number of hydrogen-bond donors (Lipinski definition) is 1. The summed E-state index contributed by atoms with van der Waals surface area (Å²) in [6.45, 7) is 11.2. The normalized spacial score (nSPS) is 12.7. The lowest BCUT2D eigenvalue weighted by molar-refractivity contribution is -0.140. The predicted octanol–water partition coefficient (Wildman–Crippen LogP) is 6.67. The Bertz CT molecular complexity index is 1720. The van der Waals surface area contributed by atoms with Gasteiger partial charge in [0, 0.05) is 19.0 Å². The SMILES string of the molecule is CC[C@H](C)NC(=O)[C@@H](Cc1ccccc1)N(Cc1ccc(C)cc1)C(=O)CN(c1cc(C)cc(C)c1)S(=O)(=O)c1ccc(C)cc1. The number of nitrogens with one attached hydrogen (secondary N) is 1. The van der Waals surface area contributed by atoms with Gasteiger partial charge in [-0.1, -0.05) is 90.8 Å². The van der Waals surface area contributed by atoms with Crippen LogP contribution in [0.3, 0.4) is 0 Å². The fourth-order valence-corrected chi connectivity index (χ4v) is 6.74. The van der Waals surface area contributed by atoms with E-state index in [9.17, 15) is 18.0 Å². The standard InChI is InChI=1S/C38H45N3O4S/c1-7-31(6)39-38(43)36(24-32-11-9-8-10-12-32)40(25-33-17-13-27(2)14-18-33)37(42)26-41(34-22-29(4)21-30(5)23-34)46(44,45)35-19-15-28(3)16-20-35/h8-23,31,36H,7,24-26H2,1-6H3,(H,39,43)/t31-,36+/m0/s1. The van der Waals surface area contributed by atoms with E-state index in [-0.39, 0.29) is 29.8 Å². The summed E-state index contributed by atoms with van der Waals surface area (Å²) >= 11 is 0. The molecule has 0 saturated carbocycles. The second-order valence-corrected chi connectivity index (χ2v) is 14.1. The number of carbonyl (C=O) groups excluding carboxylic acids is 2. The van der Waals surface area contributed by atoms with Gasteiger partial charge in [-0.15, -0.1) is 0 Å². The number of benzene rings is 4. The zero-order chi connectivity index (χ0) is 33.4. The van der Waals surface area contributed by atoms with Crippen molar-refractivity contribution in [2.45, 2.75) is 77.9 Å². The summed E-state index contributed by atoms with van der Waals surface area (Å²) < 4.78 is 29.7. The van der Waals surface area contributed by atoms with Gasteiger partial charge in [0.2, 0.25) is 11.8 Å². The Balaban J connectivity index is 1.83. The molecule has 4 rings (SSSR count). The van der Waals surface area contributed by atoms with Crippen LogP contribution < -0.4 is 9.62 Å². The molecule has 0 saturated heterocycles. The van der Waals surface area contributed by atoms with Crippen LogP contribution in [0.15, 0.2) is 102 Å². The number of carbonyl (C=O) groups is 2. The fraction of sp³-hybridized carbons (Fsp3) is 0.316. The van der Waals surface area contributed by atoms with Crippen molar-refractivity contribution < 1.29 is 18.0 Å². The molecular weight excluding hydrogens is 595 g/mol. The first-order valence-corrected chi connectivity index (χ1v) is 17.2. The molecule has 0 aliphatic carbocycles. The summed E-state index contributed by atoms with van der Waals surface area (Å²) in [4.78, 5) is 30.2. The number of nitrogens with zero attached hydrogens (tertiary/aromatic N) is 2. The van der Waals surface area contributed by atoms with Gasteiger partial charge >= 0.3 is 0 Å². The zero-order valence-electron chi connectivity index (χ0n) is 27.7. The average molecular weight is 640 g/mol. The first-order chi connectivity index (χ1) is 21.9. The Morgan fingerprint density at radius 3 is 1.87 bits per heavy atom. The summed E-state index contributed by atoms with van der Waals surface area (Å²) in [6, 6.07) is 28.5.